The van der Waals surface area contributed by atoms with Crippen molar-refractivity contribution in [1.29, 1.82) is 0 Å². The summed E-state index contributed by atoms with van der Waals surface area (Å²) in [6.07, 6.45) is 2.47. The summed E-state index contributed by atoms with van der Waals surface area (Å²) in [6.45, 7) is 4.38. The summed E-state index contributed by atoms with van der Waals surface area (Å²) in [5.74, 6) is 2.28. The number of hydrogen-bond donors (Lipinski definition) is 1. The second kappa shape index (κ2) is 7.35. The zero-order chi connectivity index (χ0) is 19.8. The normalized spacial score (nSPS) is 18.0. The first kappa shape index (κ1) is 17.9. The topological polar surface area (TPSA) is 67.4 Å². The molecule has 5 rings (SSSR count). The number of benzene rings is 2. The van der Waals surface area contributed by atoms with Gasteiger partial charge in [0.15, 0.2) is 11.9 Å². The van der Waals surface area contributed by atoms with Gasteiger partial charge in [-0.05, 0) is 43.0 Å². The minimum atomic E-state index is -0.493. The number of amides is 1. The van der Waals surface area contributed by atoms with Gasteiger partial charge >= 0.3 is 0 Å². The van der Waals surface area contributed by atoms with Crippen molar-refractivity contribution in [3.63, 3.8) is 0 Å². The largest absolute Gasteiger partial charge is 0.480 e. The molecule has 6 heteroatoms. The van der Waals surface area contributed by atoms with E-state index < -0.39 is 6.10 Å². The van der Waals surface area contributed by atoms with Gasteiger partial charge in [0, 0.05) is 24.9 Å². The van der Waals surface area contributed by atoms with Crippen LogP contribution in [0.3, 0.4) is 0 Å². The van der Waals surface area contributed by atoms with Crippen molar-refractivity contribution < 1.29 is 9.53 Å². The first-order chi connectivity index (χ1) is 14.2. The summed E-state index contributed by atoms with van der Waals surface area (Å²) >= 11 is 0. The Kier molecular flexibility index (Phi) is 4.54. The standard InChI is InChI=1S/C23H24N4O2/c1-15-7-6-9-17-21(15)25-20(26-22(17)27-11-4-5-12-27)14-24-23(28)19-13-16-8-2-3-10-18(16)29-19/h2-3,6-10,19H,4-5,11-14H2,1H3,(H,24,28). The van der Waals surface area contributed by atoms with Crippen molar-refractivity contribution in [2.75, 3.05) is 18.0 Å². The molecule has 0 radical (unpaired) electrons. The van der Waals surface area contributed by atoms with Crippen LogP contribution < -0.4 is 15.0 Å². The summed E-state index contributed by atoms with van der Waals surface area (Å²) in [4.78, 5) is 24.6. The maximum absolute atomic E-state index is 12.7. The Morgan fingerprint density at radius 3 is 2.79 bits per heavy atom. The first-order valence-electron chi connectivity index (χ1n) is 10.2. The maximum atomic E-state index is 12.7. The molecule has 1 atom stereocenters. The molecule has 0 spiro atoms. The summed E-state index contributed by atoms with van der Waals surface area (Å²) in [6, 6.07) is 14.0. The predicted molar refractivity (Wildman–Crippen MR) is 112 cm³/mol. The number of carbonyl (C=O) groups excluding carboxylic acids is 1. The van der Waals surface area contributed by atoms with Crippen molar-refractivity contribution in [3.05, 3.63) is 59.4 Å². The van der Waals surface area contributed by atoms with Crippen LogP contribution in [-0.2, 0) is 17.8 Å². The number of hydrogen-bond acceptors (Lipinski definition) is 5. The number of para-hydroxylation sites is 2. The van der Waals surface area contributed by atoms with Crippen LogP contribution in [0.25, 0.3) is 10.9 Å². The van der Waals surface area contributed by atoms with Gasteiger partial charge < -0.3 is 15.0 Å². The third kappa shape index (κ3) is 3.39. The highest BCUT2D eigenvalue weighted by Crippen LogP contribution is 2.29. The summed E-state index contributed by atoms with van der Waals surface area (Å²) in [7, 11) is 0. The highest BCUT2D eigenvalue weighted by molar-refractivity contribution is 5.91. The SMILES string of the molecule is Cc1cccc2c(N3CCCC3)nc(CNC(=O)C3Cc4ccccc4O3)nc12. The Hall–Kier alpha value is -3.15. The van der Waals surface area contributed by atoms with Gasteiger partial charge in [0.25, 0.3) is 5.91 Å². The van der Waals surface area contributed by atoms with Gasteiger partial charge in [-0.25, -0.2) is 9.97 Å². The zero-order valence-corrected chi connectivity index (χ0v) is 16.5. The van der Waals surface area contributed by atoms with Crippen LogP contribution >= 0.6 is 0 Å². The molecule has 1 saturated heterocycles. The second-order valence-corrected chi connectivity index (χ2v) is 7.76. The molecule has 1 N–H and O–H groups in total. The number of carbonyl (C=O) groups is 1. The molecule has 1 aromatic heterocycles. The van der Waals surface area contributed by atoms with Gasteiger partial charge in [-0.1, -0.05) is 30.3 Å². The third-order valence-electron chi connectivity index (χ3n) is 5.72. The number of ether oxygens (including phenoxy) is 1. The van der Waals surface area contributed by atoms with E-state index in [2.05, 4.69) is 35.3 Å². The minimum absolute atomic E-state index is 0.127. The summed E-state index contributed by atoms with van der Waals surface area (Å²) < 4.78 is 5.79. The Labute approximate surface area is 169 Å². The quantitative estimate of drug-likeness (QED) is 0.744. The van der Waals surface area contributed by atoms with E-state index in [9.17, 15) is 4.79 Å². The molecular formula is C23H24N4O2. The molecule has 2 aliphatic rings. The predicted octanol–water partition coefficient (Wildman–Crippen LogP) is 3.16. The van der Waals surface area contributed by atoms with Crippen LogP contribution in [0.5, 0.6) is 5.75 Å². The van der Waals surface area contributed by atoms with E-state index in [1.165, 1.54) is 12.8 Å². The van der Waals surface area contributed by atoms with E-state index in [1.807, 2.05) is 24.3 Å². The van der Waals surface area contributed by atoms with E-state index in [0.29, 0.717) is 18.8 Å². The monoisotopic (exact) mass is 388 g/mol. The number of anilines is 1. The molecule has 6 nitrogen and oxygen atoms in total. The van der Waals surface area contributed by atoms with Crippen molar-refractivity contribution in [2.45, 2.75) is 38.8 Å². The average Bonchev–Trinajstić information content (AvgIpc) is 3.42. The highest BCUT2D eigenvalue weighted by Gasteiger charge is 2.28. The molecule has 2 aromatic carbocycles. The van der Waals surface area contributed by atoms with Crippen LogP contribution in [0.1, 0.15) is 29.8 Å². The van der Waals surface area contributed by atoms with Crippen LogP contribution in [0, 0.1) is 6.92 Å². The number of nitrogens with one attached hydrogen (secondary N) is 1. The van der Waals surface area contributed by atoms with Gasteiger partial charge in [-0.2, -0.15) is 0 Å². The van der Waals surface area contributed by atoms with Crippen molar-refractivity contribution in [2.24, 2.45) is 0 Å². The van der Waals surface area contributed by atoms with Crippen LogP contribution in [-0.4, -0.2) is 35.1 Å². The van der Waals surface area contributed by atoms with E-state index >= 15 is 0 Å². The van der Waals surface area contributed by atoms with Gasteiger partial charge in [0.1, 0.15) is 11.6 Å². The van der Waals surface area contributed by atoms with E-state index in [1.54, 1.807) is 0 Å². The lowest BCUT2D eigenvalue weighted by atomic mass is 10.1. The number of nitrogens with zero attached hydrogens (tertiary/aromatic N) is 3. The van der Waals surface area contributed by atoms with Gasteiger partial charge in [-0.15, -0.1) is 0 Å². The molecule has 0 bridgehead atoms. The van der Waals surface area contributed by atoms with Gasteiger partial charge in [0.2, 0.25) is 0 Å². The van der Waals surface area contributed by atoms with Gasteiger partial charge in [0.05, 0.1) is 12.1 Å². The molecule has 148 valence electrons. The molecule has 29 heavy (non-hydrogen) atoms. The first-order valence-corrected chi connectivity index (χ1v) is 10.2. The zero-order valence-electron chi connectivity index (χ0n) is 16.5. The fourth-order valence-corrected chi connectivity index (χ4v) is 4.18. The van der Waals surface area contributed by atoms with Crippen LogP contribution in [0.15, 0.2) is 42.5 Å². The fraction of sp³-hybridized carbons (Fsp3) is 0.348. The summed E-state index contributed by atoms with van der Waals surface area (Å²) in [5, 5.41) is 4.05. The lowest BCUT2D eigenvalue weighted by Gasteiger charge is -2.20. The van der Waals surface area contributed by atoms with Gasteiger partial charge in [-0.3, -0.25) is 4.79 Å². The smallest absolute Gasteiger partial charge is 0.261 e. The van der Waals surface area contributed by atoms with Crippen molar-refractivity contribution >= 4 is 22.6 Å². The van der Waals surface area contributed by atoms with Crippen molar-refractivity contribution in [1.82, 2.24) is 15.3 Å². The van der Waals surface area contributed by atoms with Crippen molar-refractivity contribution in [3.8, 4) is 5.75 Å². The lowest BCUT2D eigenvalue weighted by Crippen LogP contribution is -2.37. The fourth-order valence-electron chi connectivity index (χ4n) is 4.18. The van der Waals surface area contributed by atoms with E-state index in [0.717, 1.165) is 46.7 Å². The minimum Gasteiger partial charge on any atom is -0.480 e. The highest BCUT2D eigenvalue weighted by atomic mass is 16.5. The second-order valence-electron chi connectivity index (χ2n) is 7.76. The molecule has 3 aromatic rings. The Bertz CT molecular complexity index is 1050. The molecule has 2 aliphatic heterocycles. The molecule has 1 fully saturated rings. The number of aryl methyl sites for hydroxylation is 1. The summed E-state index contributed by atoms with van der Waals surface area (Å²) in [5.41, 5.74) is 3.15. The lowest BCUT2D eigenvalue weighted by molar-refractivity contribution is -0.127. The average molecular weight is 388 g/mol. The molecule has 0 aliphatic carbocycles. The Morgan fingerprint density at radius 2 is 1.97 bits per heavy atom. The van der Waals surface area contributed by atoms with E-state index in [-0.39, 0.29) is 5.91 Å². The van der Waals surface area contributed by atoms with E-state index in [4.69, 9.17) is 14.7 Å². The third-order valence-corrected chi connectivity index (χ3v) is 5.72. The van der Waals surface area contributed by atoms with Crippen LogP contribution in [0.4, 0.5) is 5.82 Å². The number of rotatable bonds is 4. The Morgan fingerprint density at radius 1 is 1.14 bits per heavy atom. The Balaban J connectivity index is 1.36. The van der Waals surface area contributed by atoms with Crippen LogP contribution in [0.2, 0.25) is 0 Å². The number of aromatic nitrogens is 2. The number of fused-ring (bicyclic) bond motifs is 2. The molecule has 3 heterocycles. The molecule has 1 amide bonds. The molecule has 1 unspecified atom stereocenters. The maximum Gasteiger partial charge on any atom is 0.261 e. The molecular weight excluding hydrogens is 364 g/mol. The molecule has 0 saturated carbocycles.